The molecule has 4 heteroatoms. The molecule has 88 heavy (non-hydrogen) atoms. The molecule has 15 aromatic rings. The molecule has 15 rings (SSSR count). The monoisotopic (exact) mass is 1130 g/mol. The van der Waals surface area contributed by atoms with Crippen molar-refractivity contribution in [1.29, 1.82) is 0 Å². The van der Waals surface area contributed by atoms with Gasteiger partial charge in [0.1, 0.15) is 0 Å². The molecule has 0 N–H and O–H groups in total. The average Bonchev–Trinajstić information content (AvgIpc) is 1.00. The first-order valence-electron chi connectivity index (χ1n) is 31.2. The highest BCUT2D eigenvalue weighted by Gasteiger charge is 2.30. The molecule has 0 radical (unpaired) electrons. The second kappa shape index (κ2) is 21.8. The van der Waals surface area contributed by atoms with Crippen LogP contribution in [0.15, 0.2) is 291 Å². The van der Waals surface area contributed by atoms with Gasteiger partial charge in [-0.25, -0.2) is 0 Å². The molecule has 2 aromatic heterocycles. The van der Waals surface area contributed by atoms with Gasteiger partial charge in [-0.3, -0.25) is 0 Å². The number of nitrogens with zero attached hydrogens (tertiary/aromatic N) is 4. The summed E-state index contributed by atoms with van der Waals surface area (Å²) in [5, 5.41) is 9.60. The SMILES string of the molecule is CCC(C)(C)c1ccc2c(N(c3ccc(-c4ccccc4)cc3)c3cccc(-n4c5ccccc5c5ccccc54)c3)c3cc(C(C)(C)CC)ccc3c(N(c3ccc(-c4ccccc4)cc3)c3cccc(-n4c5ccccc5c5ccccc54)c3)c2c1. The fourth-order valence-electron chi connectivity index (χ4n) is 13.5. The van der Waals surface area contributed by atoms with Crippen molar-refractivity contribution in [3.8, 4) is 33.6 Å². The van der Waals surface area contributed by atoms with E-state index in [2.05, 4.69) is 352 Å². The van der Waals surface area contributed by atoms with Gasteiger partial charge in [-0.1, -0.05) is 236 Å². The lowest BCUT2D eigenvalue weighted by molar-refractivity contribution is 0.506. The maximum Gasteiger partial charge on any atom is 0.0620 e. The molecule has 0 unspecified atom stereocenters. The van der Waals surface area contributed by atoms with Gasteiger partial charge in [-0.2, -0.15) is 0 Å². The van der Waals surface area contributed by atoms with Crippen molar-refractivity contribution >= 4 is 99.3 Å². The molecular formula is C84H70N4. The van der Waals surface area contributed by atoms with Crippen LogP contribution in [0.25, 0.3) is 98.8 Å². The van der Waals surface area contributed by atoms with Gasteiger partial charge in [-0.05, 0) is 154 Å². The molecule has 4 nitrogen and oxygen atoms in total. The van der Waals surface area contributed by atoms with Crippen LogP contribution in [0.3, 0.4) is 0 Å². The lowest BCUT2D eigenvalue weighted by Crippen LogP contribution is -2.18. The summed E-state index contributed by atoms with van der Waals surface area (Å²) in [6.45, 7) is 14.2. The predicted octanol–water partition coefficient (Wildman–Crippen LogP) is 23.8. The summed E-state index contributed by atoms with van der Waals surface area (Å²) in [4.78, 5) is 5.13. The third-order valence-corrected chi connectivity index (χ3v) is 19.2. The Hall–Kier alpha value is -10.4. The van der Waals surface area contributed by atoms with E-state index in [1.807, 2.05) is 0 Å². The maximum atomic E-state index is 2.57. The average molecular weight is 1140 g/mol. The number of hydrogen-bond donors (Lipinski definition) is 0. The van der Waals surface area contributed by atoms with Crippen LogP contribution >= 0.6 is 0 Å². The minimum Gasteiger partial charge on any atom is -0.309 e. The van der Waals surface area contributed by atoms with Gasteiger partial charge in [-0.15, -0.1) is 0 Å². The Kier molecular flexibility index (Phi) is 13.5. The molecule has 426 valence electrons. The summed E-state index contributed by atoms with van der Waals surface area (Å²) in [7, 11) is 0. The van der Waals surface area contributed by atoms with Crippen LogP contribution in [0.1, 0.15) is 65.5 Å². The van der Waals surface area contributed by atoms with E-state index >= 15 is 0 Å². The maximum absolute atomic E-state index is 2.57. The number of fused-ring (bicyclic) bond motifs is 8. The number of hydrogen-bond acceptors (Lipinski definition) is 2. The summed E-state index contributed by atoms with van der Waals surface area (Å²) in [5.74, 6) is 0. The van der Waals surface area contributed by atoms with E-state index in [1.54, 1.807) is 0 Å². The van der Waals surface area contributed by atoms with Crippen molar-refractivity contribution in [2.24, 2.45) is 0 Å². The quantitative estimate of drug-likeness (QED) is 0.0797. The third kappa shape index (κ3) is 9.22. The molecule has 0 aliphatic carbocycles. The van der Waals surface area contributed by atoms with Crippen LogP contribution in [0.2, 0.25) is 0 Å². The molecular weight excluding hydrogens is 1060 g/mol. The summed E-state index contributed by atoms with van der Waals surface area (Å²) in [5.41, 5.74) is 20.5. The summed E-state index contributed by atoms with van der Waals surface area (Å²) >= 11 is 0. The second-order valence-electron chi connectivity index (χ2n) is 25.0. The highest BCUT2D eigenvalue weighted by Crippen LogP contribution is 2.54. The summed E-state index contributed by atoms with van der Waals surface area (Å²) < 4.78 is 4.89. The molecule has 0 amide bonds. The molecule has 0 fully saturated rings. The minimum atomic E-state index is -0.127. The predicted molar refractivity (Wildman–Crippen MR) is 377 cm³/mol. The molecule has 0 aliphatic rings. The fourth-order valence-corrected chi connectivity index (χ4v) is 13.5. The highest BCUT2D eigenvalue weighted by atomic mass is 15.2. The van der Waals surface area contributed by atoms with Crippen molar-refractivity contribution in [2.75, 3.05) is 9.80 Å². The van der Waals surface area contributed by atoms with Gasteiger partial charge in [0.2, 0.25) is 0 Å². The van der Waals surface area contributed by atoms with Crippen molar-refractivity contribution in [2.45, 2.75) is 65.2 Å². The van der Waals surface area contributed by atoms with E-state index in [4.69, 9.17) is 0 Å². The number of aromatic nitrogens is 2. The lowest BCUT2D eigenvalue weighted by atomic mass is 9.79. The zero-order valence-corrected chi connectivity index (χ0v) is 50.9. The topological polar surface area (TPSA) is 16.3 Å². The summed E-state index contributed by atoms with van der Waals surface area (Å²) in [6, 6.07) is 109. The lowest BCUT2D eigenvalue weighted by Gasteiger charge is -2.35. The largest absolute Gasteiger partial charge is 0.309 e. The van der Waals surface area contributed by atoms with Crippen molar-refractivity contribution in [1.82, 2.24) is 9.13 Å². The van der Waals surface area contributed by atoms with Gasteiger partial charge in [0.15, 0.2) is 0 Å². The van der Waals surface area contributed by atoms with E-state index in [0.717, 1.165) is 69.1 Å². The zero-order valence-electron chi connectivity index (χ0n) is 50.9. The normalized spacial score (nSPS) is 12.1. The van der Waals surface area contributed by atoms with E-state index in [1.165, 1.54) is 87.8 Å². The Morgan fingerprint density at radius 3 is 0.920 bits per heavy atom. The molecule has 2 heterocycles. The molecule has 0 aliphatic heterocycles. The molecule has 0 saturated carbocycles. The number of anilines is 6. The first kappa shape index (κ1) is 54.2. The van der Waals surface area contributed by atoms with Gasteiger partial charge in [0.05, 0.1) is 33.4 Å². The van der Waals surface area contributed by atoms with Crippen LogP contribution in [0.5, 0.6) is 0 Å². The Labute approximate surface area is 516 Å². The second-order valence-corrected chi connectivity index (χ2v) is 25.0. The van der Waals surface area contributed by atoms with Crippen molar-refractivity contribution < 1.29 is 0 Å². The fraction of sp³-hybridized carbons (Fsp3) is 0.119. The van der Waals surface area contributed by atoms with Crippen LogP contribution in [-0.4, -0.2) is 9.13 Å². The van der Waals surface area contributed by atoms with E-state index in [9.17, 15) is 0 Å². The van der Waals surface area contributed by atoms with E-state index < -0.39 is 0 Å². The smallest absolute Gasteiger partial charge is 0.0620 e. The number of para-hydroxylation sites is 4. The Morgan fingerprint density at radius 1 is 0.261 bits per heavy atom. The minimum absolute atomic E-state index is 0.127. The van der Waals surface area contributed by atoms with Gasteiger partial charge in [0, 0.05) is 77.2 Å². The molecule has 0 spiro atoms. The van der Waals surface area contributed by atoms with Crippen molar-refractivity contribution in [3.05, 3.63) is 302 Å². The Balaban J connectivity index is 1.06. The highest BCUT2D eigenvalue weighted by molar-refractivity contribution is 6.24. The Bertz CT molecular complexity index is 4670. The summed E-state index contributed by atoms with van der Waals surface area (Å²) in [6.07, 6.45) is 1.95. The van der Waals surface area contributed by atoms with E-state index in [0.29, 0.717) is 0 Å². The van der Waals surface area contributed by atoms with E-state index in [-0.39, 0.29) is 10.8 Å². The van der Waals surface area contributed by atoms with Gasteiger partial charge < -0.3 is 18.9 Å². The standard InChI is InChI=1S/C84H70N4/c1-7-83(3,4)61-45-51-73-75(53-61)81(85(63-47-41-59(42-48-63)57-25-11-9-12-26-57)65-29-23-31-67(55-65)87-77-37-19-15-33-69(77)70-34-16-20-38-78(70)87)74-52-46-62(84(5,6)8-2)54-76(74)82(73)86(64-49-43-60(44-50-64)58-27-13-10-14-28-58)66-30-24-32-68(56-66)88-79-39-21-17-35-71(79)72-36-18-22-40-80(72)88/h9-56H,7-8H2,1-6H3. The number of rotatable bonds is 14. The number of benzene rings is 13. The van der Waals surface area contributed by atoms with Crippen LogP contribution in [0.4, 0.5) is 34.1 Å². The van der Waals surface area contributed by atoms with Crippen LogP contribution in [0, 0.1) is 0 Å². The first-order valence-corrected chi connectivity index (χ1v) is 31.2. The van der Waals surface area contributed by atoms with Gasteiger partial charge in [0.25, 0.3) is 0 Å². The molecule has 0 bridgehead atoms. The zero-order chi connectivity index (χ0) is 59.7. The first-order chi connectivity index (χ1) is 43.1. The molecule has 13 aromatic carbocycles. The molecule has 0 atom stereocenters. The van der Waals surface area contributed by atoms with Crippen molar-refractivity contribution in [3.63, 3.8) is 0 Å². The molecule has 0 saturated heterocycles. The Morgan fingerprint density at radius 2 is 0.580 bits per heavy atom. The van der Waals surface area contributed by atoms with Gasteiger partial charge >= 0.3 is 0 Å². The van der Waals surface area contributed by atoms with Crippen LogP contribution < -0.4 is 9.80 Å². The third-order valence-electron chi connectivity index (χ3n) is 19.2. The van der Waals surface area contributed by atoms with Crippen LogP contribution in [-0.2, 0) is 10.8 Å².